The third kappa shape index (κ3) is 2.16. The predicted molar refractivity (Wildman–Crippen MR) is 71.0 cm³/mol. The van der Waals surface area contributed by atoms with Crippen molar-refractivity contribution < 1.29 is 9.90 Å². The molecule has 3 heterocycles. The second-order valence-electron chi connectivity index (χ2n) is 5.22. The van der Waals surface area contributed by atoms with Crippen LogP contribution in [0.2, 0.25) is 0 Å². The van der Waals surface area contributed by atoms with E-state index in [-0.39, 0.29) is 6.04 Å². The molecule has 0 aliphatic carbocycles. The number of aryl methyl sites for hydroxylation is 1. The van der Waals surface area contributed by atoms with Crippen LogP contribution in [0.1, 0.15) is 36.8 Å². The number of rotatable bonds is 3. The lowest BCUT2D eigenvalue weighted by atomic mass is 10.0. The van der Waals surface area contributed by atoms with Crippen LogP contribution in [-0.4, -0.2) is 32.1 Å². The topological polar surface area (TPSA) is 55.1 Å². The van der Waals surface area contributed by atoms with E-state index in [1.807, 2.05) is 22.5 Å². The number of thioether (sulfide) groups is 1. The molecule has 3 rings (SSSR count). The van der Waals surface area contributed by atoms with Gasteiger partial charge in [0.05, 0.1) is 0 Å². The summed E-state index contributed by atoms with van der Waals surface area (Å²) in [5.74, 6) is 3.39. The molecule has 18 heavy (non-hydrogen) atoms. The van der Waals surface area contributed by atoms with Crippen LogP contribution in [0.15, 0.2) is 6.20 Å². The molecule has 0 saturated carbocycles. The van der Waals surface area contributed by atoms with E-state index in [0.29, 0.717) is 5.92 Å². The lowest BCUT2D eigenvalue weighted by Crippen LogP contribution is -2.27. The standard InChI is InChI=1S/C13H18N2O2S/c16-13(17)11-3-1-2-10-7-14-12(15(10)11)6-9-4-5-18-8-9/h7,9,11H,1-6,8H2,(H,16,17). The number of carbonyl (C=O) groups is 1. The second-order valence-corrected chi connectivity index (χ2v) is 6.37. The average molecular weight is 266 g/mol. The molecule has 1 aromatic heterocycles. The van der Waals surface area contributed by atoms with Gasteiger partial charge in [0.15, 0.2) is 0 Å². The Morgan fingerprint density at radius 1 is 1.56 bits per heavy atom. The fourth-order valence-electron chi connectivity index (χ4n) is 3.00. The minimum Gasteiger partial charge on any atom is -0.480 e. The van der Waals surface area contributed by atoms with Gasteiger partial charge in [-0.3, -0.25) is 0 Å². The number of carboxylic acids is 1. The Morgan fingerprint density at radius 2 is 2.44 bits per heavy atom. The van der Waals surface area contributed by atoms with Crippen LogP contribution in [0.4, 0.5) is 0 Å². The second kappa shape index (κ2) is 4.96. The third-order valence-corrected chi connectivity index (χ3v) is 5.18. The molecule has 2 unspecified atom stereocenters. The first-order valence-electron chi connectivity index (χ1n) is 6.61. The molecule has 4 nitrogen and oxygen atoms in total. The highest BCUT2D eigenvalue weighted by molar-refractivity contribution is 7.99. The first-order valence-corrected chi connectivity index (χ1v) is 7.76. The van der Waals surface area contributed by atoms with E-state index < -0.39 is 5.97 Å². The lowest BCUT2D eigenvalue weighted by molar-refractivity contribution is -0.141. The number of fused-ring (bicyclic) bond motifs is 1. The van der Waals surface area contributed by atoms with Gasteiger partial charge in [0.1, 0.15) is 11.9 Å². The van der Waals surface area contributed by atoms with Gasteiger partial charge in [-0.2, -0.15) is 11.8 Å². The Labute approximate surface area is 111 Å². The summed E-state index contributed by atoms with van der Waals surface area (Å²) < 4.78 is 1.99. The van der Waals surface area contributed by atoms with E-state index in [9.17, 15) is 9.90 Å². The van der Waals surface area contributed by atoms with E-state index in [1.54, 1.807) is 0 Å². The van der Waals surface area contributed by atoms with Crippen LogP contribution in [0, 0.1) is 5.92 Å². The summed E-state index contributed by atoms with van der Waals surface area (Å²) in [5.41, 5.74) is 1.11. The van der Waals surface area contributed by atoms with Crippen LogP contribution in [-0.2, 0) is 17.6 Å². The van der Waals surface area contributed by atoms with Gasteiger partial charge in [0.25, 0.3) is 0 Å². The Kier molecular flexibility index (Phi) is 3.33. The molecule has 0 bridgehead atoms. The molecule has 1 aromatic rings. The van der Waals surface area contributed by atoms with Crippen molar-refractivity contribution in [2.45, 2.75) is 38.1 Å². The van der Waals surface area contributed by atoms with Gasteiger partial charge in [-0.15, -0.1) is 0 Å². The zero-order valence-corrected chi connectivity index (χ0v) is 11.2. The summed E-state index contributed by atoms with van der Waals surface area (Å²) in [6, 6.07) is -0.389. The number of aromatic nitrogens is 2. The average Bonchev–Trinajstić information content (AvgIpc) is 2.99. The summed E-state index contributed by atoms with van der Waals surface area (Å²) in [5, 5.41) is 9.34. The third-order valence-electron chi connectivity index (χ3n) is 3.95. The van der Waals surface area contributed by atoms with E-state index in [1.165, 1.54) is 17.9 Å². The van der Waals surface area contributed by atoms with E-state index >= 15 is 0 Å². The van der Waals surface area contributed by atoms with Gasteiger partial charge < -0.3 is 9.67 Å². The molecule has 1 fully saturated rings. The first kappa shape index (κ1) is 12.1. The van der Waals surface area contributed by atoms with Gasteiger partial charge in [-0.1, -0.05) is 0 Å². The molecule has 2 aliphatic rings. The van der Waals surface area contributed by atoms with Crippen molar-refractivity contribution in [1.29, 1.82) is 0 Å². The zero-order valence-electron chi connectivity index (χ0n) is 10.3. The Balaban J connectivity index is 1.86. The van der Waals surface area contributed by atoms with Crippen molar-refractivity contribution in [3.63, 3.8) is 0 Å². The van der Waals surface area contributed by atoms with Gasteiger partial charge in [-0.05, 0) is 43.1 Å². The highest BCUT2D eigenvalue weighted by atomic mass is 32.2. The van der Waals surface area contributed by atoms with Crippen molar-refractivity contribution in [3.05, 3.63) is 17.7 Å². The van der Waals surface area contributed by atoms with Crippen LogP contribution >= 0.6 is 11.8 Å². The maximum absolute atomic E-state index is 11.4. The number of imidazole rings is 1. The molecule has 0 aromatic carbocycles. The highest BCUT2D eigenvalue weighted by Crippen LogP contribution is 2.31. The van der Waals surface area contributed by atoms with Gasteiger partial charge in [0, 0.05) is 18.3 Å². The molecule has 5 heteroatoms. The van der Waals surface area contributed by atoms with Gasteiger partial charge in [0.2, 0.25) is 0 Å². The number of carboxylic acid groups (broad SMARTS) is 1. The van der Waals surface area contributed by atoms with Crippen LogP contribution in [0.25, 0.3) is 0 Å². The minimum absolute atomic E-state index is 0.389. The summed E-state index contributed by atoms with van der Waals surface area (Å²) in [6.45, 7) is 0. The molecule has 1 N–H and O–H groups in total. The number of hydrogen-bond donors (Lipinski definition) is 1. The molecule has 1 saturated heterocycles. The number of hydrogen-bond acceptors (Lipinski definition) is 3. The summed E-state index contributed by atoms with van der Waals surface area (Å²) in [6.07, 6.45) is 6.73. The van der Waals surface area contributed by atoms with Crippen molar-refractivity contribution in [1.82, 2.24) is 9.55 Å². The molecular formula is C13H18N2O2S. The van der Waals surface area contributed by atoms with Crippen molar-refractivity contribution in [2.24, 2.45) is 5.92 Å². The molecule has 0 spiro atoms. The number of aliphatic carboxylic acids is 1. The fraction of sp³-hybridized carbons (Fsp3) is 0.692. The minimum atomic E-state index is -0.712. The van der Waals surface area contributed by atoms with Crippen molar-refractivity contribution in [2.75, 3.05) is 11.5 Å². The quantitative estimate of drug-likeness (QED) is 0.910. The zero-order chi connectivity index (χ0) is 12.5. The van der Waals surface area contributed by atoms with Crippen LogP contribution < -0.4 is 0 Å². The maximum Gasteiger partial charge on any atom is 0.326 e. The molecule has 2 atom stereocenters. The van der Waals surface area contributed by atoms with E-state index in [2.05, 4.69) is 4.98 Å². The molecule has 98 valence electrons. The lowest BCUT2D eigenvalue weighted by Gasteiger charge is -2.24. The van der Waals surface area contributed by atoms with Crippen molar-refractivity contribution >= 4 is 17.7 Å². The summed E-state index contributed by atoms with van der Waals surface area (Å²) in [7, 11) is 0. The van der Waals surface area contributed by atoms with E-state index in [0.717, 1.165) is 37.2 Å². The van der Waals surface area contributed by atoms with Gasteiger partial charge in [-0.25, -0.2) is 9.78 Å². The predicted octanol–water partition coefficient (Wildman–Crippen LogP) is 2.14. The van der Waals surface area contributed by atoms with E-state index in [4.69, 9.17) is 0 Å². The normalized spacial score (nSPS) is 27.1. The Bertz CT molecular complexity index is 452. The van der Waals surface area contributed by atoms with Crippen LogP contribution in [0.3, 0.4) is 0 Å². The Hall–Kier alpha value is -0.970. The molecular weight excluding hydrogens is 248 g/mol. The summed E-state index contributed by atoms with van der Waals surface area (Å²) >= 11 is 2.00. The SMILES string of the molecule is O=C(O)C1CCCc2cnc(CC3CCSC3)n21. The van der Waals surface area contributed by atoms with Crippen molar-refractivity contribution in [3.8, 4) is 0 Å². The van der Waals surface area contributed by atoms with Gasteiger partial charge >= 0.3 is 5.97 Å². The molecule has 0 radical (unpaired) electrons. The molecule has 2 aliphatic heterocycles. The molecule has 0 amide bonds. The van der Waals surface area contributed by atoms with Crippen LogP contribution in [0.5, 0.6) is 0 Å². The smallest absolute Gasteiger partial charge is 0.326 e. The largest absolute Gasteiger partial charge is 0.480 e. The number of nitrogens with zero attached hydrogens (tertiary/aromatic N) is 2. The first-order chi connectivity index (χ1) is 8.75. The summed E-state index contributed by atoms with van der Waals surface area (Å²) in [4.78, 5) is 15.8. The highest BCUT2D eigenvalue weighted by Gasteiger charge is 2.29. The maximum atomic E-state index is 11.4. The fourth-order valence-corrected chi connectivity index (χ4v) is 4.28. The monoisotopic (exact) mass is 266 g/mol. The Morgan fingerprint density at radius 3 is 3.17 bits per heavy atom.